The minimum Gasteiger partial charge on any atom is -0.460 e. The van der Waals surface area contributed by atoms with E-state index in [0.29, 0.717) is 25.8 Å². The molecular weight excluding hydrogens is 472 g/mol. The zero-order valence-corrected chi connectivity index (χ0v) is 20.3. The summed E-state index contributed by atoms with van der Waals surface area (Å²) >= 11 is 3.57. The van der Waals surface area contributed by atoms with Crippen molar-refractivity contribution in [3.63, 3.8) is 0 Å². The van der Waals surface area contributed by atoms with E-state index < -0.39 is 11.2 Å². The lowest BCUT2D eigenvalue weighted by Crippen LogP contribution is -2.50. The van der Waals surface area contributed by atoms with Crippen LogP contribution in [0.15, 0.2) is 47.1 Å². The fourth-order valence-corrected chi connectivity index (χ4v) is 5.26. The van der Waals surface area contributed by atoms with Crippen LogP contribution in [0, 0.1) is 5.92 Å². The molecule has 0 saturated heterocycles. The number of amides is 1. The molecule has 1 N–H and O–H groups in total. The minimum absolute atomic E-state index is 0.0141. The number of hydrogen-bond donors (Lipinski definition) is 1. The average molecular weight is 501 g/mol. The lowest BCUT2D eigenvalue weighted by Gasteiger charge is -2.45. The highest BCUT2D eigenvalue weighted by molar-refractivity contribution is 9.10. The monoisotopic (exact) mass is 500 g/mol. The molecule has 1 atom stereocenters. The van der Waals surface area contributed by atoms with E-state index in [1.165, 1.54) is 0 Å². The number of aromatic nitrogens is 1. The third-order valence-electron chi connectivity index (χ3n) is 6.09. The maximum Gasteiger partial charge on any atom is 0.309 e. The molecule has 2 aliphatic rings. The van der Waals surface area contributed by atoms with Crippen LogP contribution in [0.4, 0.5) is 0 Å². The highest BCUT2D eigenvalue weighted by atomic mass is 79.9. The van der Waals surface area contributed by atoms with Crippen molar-refractivity contribution in [1.29, 1.82) is 0 Å². The highest BCUT2D eigenvalue weighted by Gasteiger charge is 2.47. The van der Waals surface area contributed by atoms with Crippen LogP contribution >= 0.6 is 15.9 Å². The number of benzene rings is 1. The number of rotatable bonds is 6. The van der Waals surface area contributed by atoms with Gasteiger partial charge in [0.05, 0.1) is 23.8 Å². The normalized spacial score (nSPS) is 24.8. The van der Waals surface area contributed by atoms with Crippen LogP contribution in [0.2, 0.25) is 0 Å². The molecule has 7 heteroatoms. The number of pyridine rings is 1. The quantitative estimate of drug-likeness (QED) is 0.592. The summed E-state index contributed by atoms with van der Waals surface area (Å²) in [5, 5.41) is 10.8. The van der Waals surface area contributed by atoms with E-state index in [0.717, 1.165) is 21.3 Å². The summed E-state index contributed by atoms with van der Waals surface area (Å²) in [7, 11) is 0. The van der Waals surface area contributed by atoms with Crippen molar-refractivity contribution in [3.05, 3.63) is 63.9 Å². The third kappa shape index (κ3) is 4.89. The summed E-state index contributed by atoms with van der Waals surface area (Å²) in [5.74, 6) is -0.239. The number of nitrogens with zero attached hydrogens (tertiary/aromatic N) is 2. The van der Waals surface area contributed by atoms with Gasteiger partial charge in [-0.2, -0.15) is 0 Å². The van der Waals surface area contributed by atoms with Crippen molar-refractivity contribution in [2.75, 3.05) is 6.54 Å². The Morgan fingerprint density at radius 3 is 2.66 bits per heavy atom. The summed E-state index contributed by atoms with van der Waals surface area (Å²) in [6.07, 6.45) is 3.31. The van der Waals surface area contributed by atoms with Gasteiger partial charge in [0.15, 0.2) is 0 Å². The Kier molecular flexibility index (Phi) is 6.16. The first-order valence-corrected chi connectivity index (χ1v) is 11.8. The smallest absolute Gasteiger partial charge is 0.309 e. The van der Waals surface area contributed by atoms with Gasteiger partial charge in [0.1, 0.15) is 5.60 Å². The third-order valence-corrected chi connectivity index (χ3v) is 6.82. The van der Waals surface area contributed by atoms with Crippen LogP contribution in [0.1, 0.15) is 67.7 Å². The van der Waals surface area contributed by atoms with Gasteiger partial charge in [0.25, 0.3) is 5.91 Å². The summed E-state index contributed by atoms with van der Waals surface area (Å²) in [5.41, 5.74) is 1.02. The van der Waals surface area contributed by atoms with E-state index in [9.17, 15) is 14.7 Å². The predicted octanol–water partition coefficient (Wildman–Crippen LogP) is 4.46. The second-order valence-electron chi connectivity index (χ2n) is 9.96. The molecule has 1 fully saturated rings. The van der Waals surface area contributed by atoms with Crippen LogP contribution in [0.3, 0.4) is 0 Å². The predicted molar refractivity (Wildman–Crippen MR) is 124 cm³/mol. The van der Waals surface area contributed by atoms with Gasteiger partial charge >= 0.3 is 5.97 Å². The van der Waals surface area contributed by atoms with E-state index in [1.54, 1.807) is 6.20 Å². The molecule has 0 spiro atoms. The van der Waals surface area contributed by atoms with Crippen molar-refractivity contribution in [2.45, 2.75) is 63.7 Å². The van der Waals surface area contributed by atoms with Gasteiger partial charge in [-0.15, -0.1) is 0 Å². The van der Waals surface area contributed by atoms with Crippen LogP contribution in [-0.4, -0.2) is 44.6 Å². The first kappa shape index (κ1) is 22.9. The summed E-state index contributed by atoms with van der Waals surface area (Å²) in [6.45, 7) is 5.99. The Morgan fingerprint density at radius 2 is 1.97 bits per heavy atom. The van der Waals surface area contributed by atoms with Crippen molar-refractivity contribution in [2.24, 2.45) is 5.92 Å². The summed E-state index contributed by atoms with van der Waals surface area (Å²) < 4.78 is 6.28. The largest absolute Gasteiger partial charge is 0.460 e. The Labute approximate surface area is 197 Å². The van der Waals surface area contributed by atoms with Crippen molar-refractivity contribution in [3.8, 4) is 0 Å². The molecule has 1 aliphatic carbocycles. The summed E-state index contributed by atoms with van der Waals surface area (Å²) in [6, 6.07) is 11.4. The van der Waals surface area contributed by atoms with Crippen molar-refractivity contribution >= 4 is 27.8 Å². The molecular formula is C25H29BrN2O4. The molecule has 4 rings (SSSR count). The molecule has 170 valence electrons. The van der Waals surface area contributed by atoms with Gasteiger partial charge in [0.2, 0.25) is 0 Å². The number of fused-ring (bicyclic) bond motifs is 1. The second-order valence-corrected chi connectivity index (χ2v) is 10.8. The fraction of sp³-hybridized carbons (Fsp3) is 0.480. The maximum atomic E-state index is 13.2. The molecule has 2 aromatic rings. The number of halogens is 1. The summed E-state index contributed by atoms with van der Waals surface area (Å²) in [4.78, 5) is 31.8. The number of hydrogen-bond acceptors (Lipinski definition) is 5. The lowest BCUT2D eigenvalue weighted by atomic mass is 9.69. The Bertz CT molecular complexity index is 1030. The SMILES string of the molecule is CC(C)(C)OC(=O)CC1(O)CC(CN2C(=O)c3ccccc3C2Cc2ncccc2Br)C1. The molecule has 2 heterocycles. The molecule has 1 amide bonds. The minimum atomic E-state index is -1.05. The zero-order valence-electron chi connectivity index (χ0n) is 18.7. The van der Waals surface area contributed by atoms with Gasteiger partial charge in [-0.25, -0.2) is 0 Å². The molecule has 1 saturated carbocycles. The maximum absolute atomic E-state index is 13.2. The second kappa shape index (κ2) is 8.60. The van der Waals surface area contributed by atoms with Gasteiger partial charge in [0, 0.05) is 29.2 Å². The topological polar surface area (TPSA) is 79.7 Å². The Morgan fingerprint density at radius 1 is 1.25 bits per heavy atom. The van der Waals surface area contributed by atoms with E-state index in [2.05, 4.69) is 20.9 Å². The van der Waals surface area contributed by atoms with E-state index in [-0.39, 0.29) is 30.3 Å². The van der Waals surface area contributed by atoms with Crippen LogP contribution in [0.25, 0.3) is 0 Å². The van der Waals surface area contributed by atoms with Crippen LogP contribution in [-0.2, 0) is 16.0 Å². The molecule has 0 radical (unpaired) electrons. The van der Waals surface area contributed by atoms with Crippen LogP contribution in [0.5, 0.6) is 0 Å². The molecule has 1 aromatic heterocycles. The van der Waals surface area contributed by atoms with Crippen molar-refractivity contribution in [1.82, 2.24) is 9.88 Å². The number of carbonyl (C=O) groups is 2. The molecule has 1 aliphatic heterocycles. The van der Waals surface area contributed by atoms with Gasteiger partial charge in [-0.3, -0.25) is 14.6 Å². The van der Waals surface area contributed by atoms with Crippen molar-refractivity contribution < 1.29 is 19.4 Å². The molecule has 1 unspecified atom stereocenters. The van der Waals surface area contributed by atoms with Gasteiger partial charge < -0.3 is 14.7 Å². The van der Waals surface area contributed by atoms with E-state index in [1.807, 2.05) is 62.1 Å². The highest BCUT2D eigenvalue weighted by Crippen LogP contribution is 2.44. The number of esters is 1. The number of aliphatic hydroxyl groups is 1. The standard InChI is InChI=1S/C25H29BrN2O4/c1-24(2,3)32-22(29)14-25(31)12-16(13-25)15-28-21(11-20-19(26)9-6-10-27-20)17-7-4-5-8-18(17)23(28)30/h4-10,16,21,31H,11-15H2,1-3H3. The average Bonchev–Trinajstić information content (AvgIpc) is 2.93. The molecule has 1 aromatic carbocycles. The van der Waals surface area contributed by atoms with Gasteiger partial charge in [-0.05, 0) is 79.2 Å². The first-order chi connectivity index (χ1) is 15.0. The van der Waals surface area contributed by atoms with Crippen LogP contribution < -0.4 is 0 Å². The lowest BCUT2D eigenvalue weighted by molar-refractivity contribution is -0.167. The molecule has 32 heavy (non-hydrogen) atoms. The first-order valence-electron chi connectivity index (χ1n) is 11.0. The van der Waals surface area contributed by atoms with Gasteiger partial charge in [-0.1, -0.05) is 18.2 Å². The molecule has 6 nitrogen and oxygen atoms in total. The number of carbonyl (C=O) groups excluding carboxylic acids is 2. The Balaban J connectivity index is 1.45. The molecule has 0 bridgehead atoms. The number of ether oxygens (including phenoxy) is 1. The fourth-order valence-electron chi connectivity index (χ4n) is 4.84. The zero-order chi connectivity index (χ0) is 23.1. The van der Waals surface area contributed by atoms with E-state index in [4.69, 9.17) is 4.74 Å². The Hall–Kier alpha value is -2.25. The van der Waals surface area contributed by atoms with E-state index >= 15 is 0 Å².